The van der Waals surface area contributed by atoms with E-state index >= 15 is 0 Å². The zero-order valence-corrected chi connectivity index (χ0v) is 12.6. The summed E-state index contributed by atoms with van der Waals surface area (Å²) in [4.78, 5) is 12.3. The summed E-state index contributed by atoms with van der Waals surface area (Å²) in [6, 6.07) is 10.8. The zero-order chi connectivity index (χ0) is 15.0. The van der Waals surface area contributed by atoms with E-state index in [-0.39, 0.29) is 11.6 Å². The Morgan fingerprint density at radius 2 is 2.05 bits per heavy atom. The number of carbonyl (C=O) groups excluding carboxylic acids is 1. The number of anilines is 1. The monoisotopic (exact) mass is 319 g/mol. The van der Waals surface area contributed by atoms with Gasteiger partial charge in [0.25, 0.3) is 5.91 Å². The van der Waals surface area contributed by atoms with Crippen molar-refractivity contribution in [3.05, 3.63) is 63.9 Å². The second-order valence-corrected chi connectivity index (χ2v) is 5.40. The van der Waals surface area contributed by atoms with Gasteiger partial charge in [0.05, 0.1) is 10.5 Å². The number of fused-ring (bicyclic) bond motifs is 1. The molecular formula is C15H11Cl2N3O. The Morgan fingerprint density at radius 3 is 2.76 bits per heavy atom. The van der Waals surface area contributed by atoms with Crippen molar-refractivity contribution >= 4 is 40.3 Å². The molecule has 0 saturated heterocycles. The van der Waals surface area contributed by atoms with Crippen molar-refractivity contribution < 1.29 is 4.79 Å². The number of halogens is 2. The number of aryl methyl sites for hydroxylation is 1. The molecule has 6 heteroatoms. The molecule has 0 aliphatic heterocycles. The molecule has 0 aliphatic rings. The molecular weight excluding hydrogens is 309 g/mol. The molecule has 1 N–H and O–H groups in total. The van der Waals surface area contributed by atoms with Gasteiger partial charge in [-0.25, -0.2) is 4.52 Å². The van der Waals surface area contributed by atoms with Crippen LogP contribution in [0.1, 0.15) is 16.1 Å². The maximum atomic E-state index is 12.3. The van der Waals surface area contributed by atoms with Crippen LogP contribution in [0.3, 0.4) is 0 Å². The van der Waals surface area contributed by atoms with Crippen LogP contribution in [0.15, 0.2) is 42.6 Å². The zero-order valence-electron chi connectivity index (χ0n) is 11.1. The van der Waals surface area contributed by atoms with Crippen LogP contribution >= 0.6 is 23.2 Å². The summed E-state index contributed by atoms with van der Waals surface area (Å²) >= 11 is 12.2. The molecule has 0 saturated carbocycles. The number of nitrogens with one attached hydrogen (secondary N) is 1. The van der Waals surface area contributed by atoms with E-state index in [4.69, 9.17) is 23.2 Å². The Balaban J connectivity index is 1.93. The molecule has 3 aromatic rings. The first-order valence-electron chi connectivity index (χ1n) is 6.26. The molecule has 4 nitrogen and oxygen atoms in total. The summed E-state index contributed by atoms with van der Waals surface area (Å²) in [6.07, 6.45) is 1.74. The van der Waals surface area contributed by atoms with Gasteiger partial charge in [-0.2, -0.15) is 5.10 Å². The van der Waals surface area contributed by atoms with Crippen LogP contribution in [0.25, 0.3) is 5.52 Å². The third-order valence-corrected chi connectivity index (χ3v) is 3.90. The number of carbonyl (C=O) groups is 1. The van der Waals surface area contributed by atoms with Gasteiger partial charge in [0, 0.05) is 16.9 Å². The highest BCUT2D eigenvalue weighted by Crippen LogP contribution is 2.24. The normalized spacial score (nSPS) is 10.8. The SMILES string of the molecule is Cc1ccc(NC(=O)c2nn3ccccc3c2Cl)cc1Cl. The minimum Gasteiger partial charge on any atom is -0.320 e. The minimum absolute atomic E-state index is 0.180. The Kier molecular flexibility index (Phi) is 3.57. The molecule has 0 spiro atoms. The number of benzene rings is 1. The van der Waals surface area contributed by atoms with Gasteiger partial charge in [0.15, 0.2) is 5.69 Å². The lowest BCUT2D eigenvalue weighted by atomic mass is 10.2. The first-order valence-corrected chi connectivity index (χ1v) is 7.02. The van der Waals surface area contributed by atoms with Gasteiger partial charge in [-0.1, -0.05) is 35.3 Å². The van der Waals surface area contributed by atoms with E-state index in [2.05, 4.69) is 10.4 Å². The van der Waals surface area contributed by atoms with E-state index < -0.39 is 0 Å². The number of aromatic nitrogens is 2. The van der Waals surface area contributed by atoms with Crippen molar-refractivity contribution in [1.29, 1.82) is 0 Å². The molecule has 1 aromatic carbocycles. The number of nitrogens with zero attached hydrogens (tertiary/aromatic N) is 2. The smallest absolute Gasteiger partial charge is 0.277 e. The molecule has 0 unspecified atom stereocenters. The number of amides is 1. The van der Waals surface area contributed by atoms with Crippen LogP contribution in [-0.2, 0) is 0 Å². The summed E-state index contributed by atoms with van der Waals surface area (Å²) in [6.45, 7) is 1.90. The highest BCUT2D eigenvalue weighted by molar-refractivity contribution is 6.37. The molecule has 1 amide bonds. The van der Waals surface area contributed by atoms with E-state index in [1.165, 1.54) is 0 Å². The van der Waals surface area contributed by atoms with Gasteiger partial charge in [-0.05, 0) is 36.8 Å². The van der Waals surface area contributed by atoms with Gasteiger partial charge in [0.2, 0.25) is 0 Å². The Morgan fingerprint density at radius 1 is 1.24 bits per heavy atom. The predicted octanol–water partition coefficient (Wildman–Crippen LogP) is 4.20. The molecule has 0 fully saturated rings. The molecule has 2 aromatic heterocycles. The summed E-state index contributed by atoms with van der Waals surface area (Å²) < 4.78 is 1.57. The number of hydrogen-bond donors (Lipinski definition) is 1. The first kappa shape index (κ1) is 13.9. The first-order chi connectivity index (χ1) is 10.1. The van der Waals surface area contributed by atoms with E-state index in [1.54, 1.807) is 28.9 Å². The van der Waals surface area contributed by atoms with Crippen molar-refractivity contribution in [2.75, 3.05) is 5.32 Å². The van der Waals surface area contributed by atoms with Crippen LogP contribution in [0.5, 0.6) is 0 Å². The van der Waals surface area contributed by atoms with Gasteiger partial charge >= 0.3 is 0 Å². The lowest BCUT2D eigenvalue weighted by Gasteiger charge is -2.05. The average Bonchev–Trinajstić information content (AvgIpc) is 2.81. The molecule has 2 heterocycles. The molecule has 0 bridgehead atoms. The van der Waals surface area contributed by atoms with Crippen LogP contribution in [0.4, 0.5) is 5.69 Å². The fraction of sp³-hybridized carbons (Fsp3) is 0.0667. The second-order valence-electron chi connectivity index (χ2n) is 4.61. The van der Waals surface area contributed by atoms with Gasteiger partial charge in [0.1, 0.15) is 0 Å². The fourth-order valence-corrected chi connectivity index (χ4v) is 2.43. The molecule has 3 rings (SSSR count). The quantitative estimate of drug-likeness (QED) is 0.769. The van der Waals surface area contributed by atoms with Gasteiger partial charge in [-0.15, -0.1) is 0 Å². The number of pyridine rings is 1. The fourth-order valence-electron chi connectivity index (χ4n) is 1.97. The standard InChI is InChI=1S/C15H11Cl2N3O/c1-9-5-6-10(8-11(9)16)18-15(21)14-13(17)12-4-2-3-7-20(12)19-14/h2-8H,1H3,(H,18,21). The van der Waals surface area contributed by atoms with E-state index in [0.29, 0.717) is 21.2 Å². The second kappa shape index (κ2) is 5.39. The van der Waals surface area contributed by atoms with Gasteiger partial charge < -0.3 is 5.32 Å². The van der Waals surface area contributed by atoms with Crippen LogP contribution in [0.2, 0.25) is 10.0 Å². The average molecular weight is 320 g/mol. The third-order valence-electron chi connectivity index (χ3n) is 3.12. The molecule has 0 atom stereocenters. The van der Waals surface area contributed by atoms with Crippen LogP contribution < -0.4 is 5.32 Å². The van der Waals surface area contributed by atoms with Crippen molar-refractivity contribution in [2.45, 2.75) is 6.92 Å². The number of rotatable bonds is 2. The molecule has 0 aliphatic carbocycles. The highest BCUT2D eigenvalue weighted by Gasteiger charge is 2.17. The predicted molar refractivity (Wildman–Crippen MR) is 84.3 cm³/mol. The Hall–Kier alpha value is -2.04. The topological polar surface area (TPSA) is 46.4 Å². The van der Waals surface area contributed by atoms with Crippen molar-refractivity contribution in [2.24, 2.45) is 0 Å². The third kappa shape index (κ3) is 2.60. The summed E-state index contributed by atoms with van der Waals surface area (Å²) in [5.41, 5.74) is 2.41. The van der Waals surface area contributed by atoms with Gasteiger partial charge in [-0.3, -0.25) is 4.79 Å². The lowest BCUT2D eigenvalue weighted by Crippen LogP contribution is -2.13. The van der Waals surface area contributed by atoms with Crippen LogP contribution in [-0.4, -0.2) is 15.5 Å². The van der Waals surface area contributed by atoms with Crippen molar-refractivity contribution in [3.8, 4) is 0 Å². The maximum absolute atomic E-state index is 12.3. The largest absolute Gasteiger partial charge is 0.320 e. The summed E-state index contributed by atoms with van der Waals surface area (Å²) in [7, 11) is 0. The lowest BCUT2D eigenvalue weighted by molar-refractivity contribution is 0.102. The number of hydrogen-bond acceptors (Lipinski definition) is 2. The maximum Gasteiger partial charge on any atom is 0.277 e. The van der Waals surface area contributed by atoms with Crippen molar-refractivity contribution in [1.82, 2.24) is 9.61 Å². The van der Waals surface area contributed by atoms with E-state index in [9.17, 15) is 4.79 Å². The summed E-state index contributed by atoms with van der Waals surface area (Å²) in [5, 5.41) is 7.85. The van der Waals surface area contributed by atoms with Crippen molar-refractivity contribution in [3.63, 3.8) is 0 Å². The van der Waals surface area contributed by atoms with Crippen LogP contribution in [0, 0.1) is 6.92 Å². The summed E-state index contributed by atoms with van der Waals surface area (Å²) in [5.74, 6) is -0.372. The minimum atomic E-state index is -0.372. The molecule has 21 heavy (non-hydrogen) atoms. The Bertz CT molecular complexity index is 842. The molecule has 106 valence electrons. The Labute approximate surface area is 131 Å². The van der Waals surface area contributed by atoms with E-state index in [0.717, 1.165) is 5.56 Å². The van der Waals surface area contributed by atoms with E-state index in [1.807, 2.05) is 25.1 Å². The molecule has 0 radical (unpaired) electrons. The highest BCUT2D eigenvalue weighted by atomic mass is 35.5.